The van der Waals surface area contributed by atoms with Crippen LogP contribution in [0.1, 0.15) is 0 Å². The number of hydrogen-bond acceptors (Lipinski definition) is 1. The number of fused-ring (bicyclic) bond motifs is 8. The summed E-state index contributed by atoms with van der Waals surface area (Å²) in [7, 11) is 0. The molecule has 1 heteroatoms. The fraction of sp³-hybridized carbons (Fsp3) is 0. The molecule has 0 N–H and O–H groups in total. The minimum absolute atomic E-state index is 0.917. The Kier molecular flexibility index (Phi) is 5.06. The Morgan fingerprint density at radius 1 is 0.289 bits per heavy atom. The minimum Gasteiger partial charge on any atom is -0.456 e. The van der Waals surface area contributed by atoms with Crippen LogP contribution in [-0.2, 0) is 0 Å². The molecule has 0 aliphatic heterocycles. The van der Waals surface area contributed by atoms with Gasteiger partial charge in [0.25, 0.3) is 0 Å². The first kappa shape index (κ1) is 24.5. The Morgan fingerprint density at radius 2 is 0.778 bits per heavy atom. The molecule has 0 amide bonds. The number of hydrogen-bond donors (Lipinski definition) is 0. The van der Waals surface area contributed by atoms with Gasteiger partial charge in [0, 0.05) is 16.3 Å². The van der Waals surface area contributed by atoms with Crippen molar-refractivity contribution in [2.24, 2.45) is 0 Å². The van der Waals surface area contributed by atoms with Crippen molar-refractivity contribution in [1.82, 2.24) is 0 Å². The molecular weight excluding hydrogens is 544 g/mol. The minimum atomic E-state index is 0.917. The topological polar surface area (TPSA) is 13.1 Å². The number of furan rings is 1. The summed E-state index contributed by atoms with van der Waals surface area (Å²) in [6.45, 7) is 0. The molecule has 10 aromatic rings. The van der Waals surface area contributed by atoms with Gasteiger partial charge in [0.15, 0.2) is 0 Å². The second-order valence-corrected chi connectivity index (χ2v) is 12.0. The van der Waals surface area contributed by atoms with Gasteiger partial charge in [-0.2, -0.15) is 0 Å². The van der Waals surface area contributed by atoms with Crippen LogP contribution in [-0.4, -0.2) is 0 Å². The maximum Gasteiger partial charge on any atom is 0.136 e. The van der Waals surface area contributed by atoms with Crippen LogP contribution >= 0.6 is 0 Å². The molecule has 0 radical (unpaired) electrons. The van der Waals surface area contributed by atoms with E-state index in [0.717, 1.165) is 16.6 Å². The normalized spacial score (nSPS) is 12.0. The molecule has 0 unspecified atom stereocenters. The van der Waals surface area contributed by atoms with E-state index in [2.05, 4.69) is 158 Å². The molecule has 1 aromatic heterocycles. The fourth-order valence-corrected chi connectivity index (χ4v) is 7.68. The molecule has 0 saturated carbocycles. The van der Waals surface area contributed by atoms with E-state index in [1.54, 1.807) is 0 Å². The summed E-state index contributed by atoms with van der Waals surface area (Å²) in [6.07, 6.45) is 0. The molecule has 0 aliphatic rings. The zero-order chi connectivity index (χ0) is 29.5. The van der Waals surface area contributed by atoms with Gasteiger partial charge in [-0.3, -0.25) is 0 Å². The van der Waals surface area contributed by atoms with Crippen LogP contribution in [0.15, 0.2) is 162 Å². The van der Waals surface area contributed by atoms with Gasteiger partial charge in [-0.15, -0.1) is 0 Å². The zero-order valence-corrected chi connectivity index (χ0v) is 24.4. The SMILES string of the molecule is c1ccc2cc3c(cc2c1)oc1cc2ccccc2c(-c2c4ccccc4c(-c4cccc5ccccc45)c4ccccc24)c13. The van der Waals surface area contributed by atoms with Crippen LogP contribution < -0.4 is 0 Å². The molecule has 10 rings (SSSR count). The van der Waals surface area contributed by atoms with Gasteiger partial charge < -0.3 is 4.42 Å². The van der Waals surface area contributed by atoms with E-state index >= 15 is 0 Å². The lowest BCUT2D eigenvalue weighted by atomic mass is 9.82. The molecule has 45 heavy (non-hydrogen) atoms. The van der Waals surface area contributed by atoms with Gasteiger partial charge in [-0.1, -0.05) is 140 Å². The first-order valence-electron chi connectivity index (χ1n) is 15.5. The average Bonchev–Trinajstić information content (AvgIpc) is 3.45. The molecule has 9 aromatic carbocycles. The van der Waals surface area contributed by atoms with Crippen LogP contribution in [0, 0.1) is 0 Å². The average molecular weight is 571 g/mol. The van der Waals surface area contributed by atoms with Crippen molar-refractivity contribution >= 4 is 75.8 Å². The first-order valence-corrected chi connectivity index (χ1v) is 15.5. The zero-order valence-electron chi connectivity index (χ0n) is 24.4. The highest BCUT2D eigenvalue weighted by Crippen LogP contribution is 2.50. The highest BCUT2D eigenvalue weighted by atomic mass is 16.3. The highest BCUT2D eigenvalue weighted by Gasteiger charge is 2.23. The molecule has 0 atom stereocenters. The predicted molar refractivity (Wildman–Crippen MR) is 192 cm³/mol. The van der Waals surface area contributed by atoms with Crippen molar-refractivity contribution in [3.63, 3.8) is 0 Å². The summed E-state index contributed by atoms with van der Waals surface area (Å²) < 4.78 is 6.70. The van der Waals surface area contributed by atoms with Crippen molar-refractivity contribution in [3.8, 4) is 22.3 Å². The molecule has 1 heterocycles. The first-order chi connectivity index (χ1) is 22.3. The van der Waals surface area contributed by atoms with Gasteiger partial charge >= 0.3 is 0 Å². The van der Waals surface area contributed by atoms with Crippen LogP contribution in [0.3, 0.4) is 0 Å². The van der Waals surface area contributed by atoms with Crippen molar-refractivity contribution < 1.29 is 4.42 Å². The molecule has 0 saturated heterocycles. The van der Waals surface area contributed by atoms with E-state index in [0.29, 0.717) is 0 Å². The Labute approximate surface area is 259 Å². The molecular formula is C44H26O. The predicted octanol–water partition coefficient (Wildman–Crippen LogP) is 12.7. The lowest BCUT2D eigenvalue weighted by Crippen LogP contribution is -1.93. The van der Waals surface area contributed by atoms with Crippen molar-refractivity contribution in [2.75, 3.05) is 0 Å². The summed E-state index contributed by atoms with van der Waals surface area (Å²) in [6, 6.07) is 57.3. The van der Waals surface area contributed by atoms with Crippen LogP contribution in [0.2, 0.25) is 0 Å². The van der Waals surface area contributed by atoms with Gasteiger partial charge in [0.05, 0.1) is 0 Å². The van der Waals surface area contributed by atoms with E-state index in [1.807, 2.05) is 0 Å². The van der Waals surface area contributed by atoms with E-state index in [9.17, 15) is 0 Å². The summed E-state index contributed by atoms with van der Waals surface area (Å²) in [5.74, 6) is 0. The van der Waals surface area contributed by atoms with Gasteiger partial charge in [0.1, 0.15) is 11.2 Å². The second-order valence-electron chi connectivity index (χ2n) is 12.0. The highest BCUT2D eigenvalue weighted by molar-refractivity contribution is 6.31. The van der Waals surface area contributed by atoms with E-state index in [-0.39, 0.29) is 0 Å². The number of rotatable bonds is 2. The monoisotopic (exact) mass is 570 g/mol. The molecule has 0 fully saturated rings. The fourth-order valence-electron chi connectivity index (χ4n) is 7.68. The maximum absolute atomic E-state index is 6.70. The van der Waals surface area contributed by atoms with Crippen LogP contribution in [0.25, 0.3) is 98.1 Å². The lowest BCUT2D eigenvalue weighted by Gasteiger charge is -2.20. The van der Waals surface area contributed by atoms with Gasteiger partial charge in [-0.05, 0) is 88.8 Å². The molecule has 1 nitrogen and oxygen atoms in total. The largest absolute Gasteiger partial charge is 0.456 e. The van der Waals surface area contributed by atoms with Gasteiger partial charge in [0.2, 0.25) is 0 Å². The van der Waals surface area contributed by atoms with Gasteiger partial charge in [-0.25, -0.2) is 0 Å². The third kappa shape index (κ3) is 3.50. The standard InChI is InChI=1S/C44H26O/c1-2-14-29-25-39-38(24-28(29)13-1)43-40(45-39)26-30-15-4-6-18-32(30)44(43)42-36-21-9-7-19-34(36)41(35-20-8-10-22-37(35)42)33-23-11-16-27-12-3-5-17-31(27)33/h1-26H. The van der Waals surface area contributed by atoms with Crippen molar-refractivity contribution in [2.45, 2.75) is 0 Å². The second kappa shape index (κ2) is 9.29. The lowest BCUT2D eigenvalue weighted by molar-refractivity contribution is 0.670. The Hall–Kier alpha value is -5.92. The molecule has 0 spiro atoms. The van der Waals surface area contributed by atoms with Crippen molar-refractivity contribution in [1.29, 1.82) is 0 Å². The molecule has 0 bridgehead atoms. The Bertz CT molecular complexity index is 2750. The van der Waals surface area contributed by atoms with Crippen LogP contribution in [0.5, 0.6) is 0 Å². The summed E-state index contributed by atoms with van der Waals surface area (Å²) in [4.78, 5) is 0. The summed E-state index contributed by atoms with van der Waals surface area (Å²) in [5, 5.41) is 14.6. The third-order valence-electron chi connectivity index (χ3n) is 9.59. The summed E-state index contributed by atoms with van der Waals surface area (Å²) in [5.41, 5.74) is 6.86. The van der Waals surface area contributed by atoms with E-state index in [1.165, 1.54) is 81.5 Å². The van der Waals surface area contributed by atoms with E-state index < -0.39 is 0 Å². The quantitative estimate of drug-likeness (QED) is 0.188. The number of benzene rings is 9. The Balaban J connectivity index is 1.45. The van der Waals surface area contributed by atoms with E-state index in [4.69, 9.17) is 4.42 Å². The maximum atomic E-state index is 6.70. The van der Waals surface area contributed by atoms with Crippen LogP contribution in [0.4, 0.5) is 0 Å². The smallest absolute Gasteiger partial charge is 0.136 e. The van der Waals surface area contributed by atoms with Crippen molar-refractivity contribution in [3.05, 3.63) is 158 Å². The molecule has 208 valence electrons. The summed E-state index contributed by atoms with van der Waals surface area (Å²) >= 11 is 0. The molecule has 0 aliphatic carbocycles. The Morgan fingerprint density at radius 3 is 1.47 bits per heavy atom. The third-order valence-corrected chi connectivity index (χ3v) is 9.59.